The maximum atomic E-state index is 4.23. The van der Waals surface area contributed by atoms with Crippen LogP contribution in [-0.2, 0) is 0 Å². The summed E-state index contributed by atoms with van der Waals surface area (Å²) >= 11 is 3.42. The van der Waals surface area contributed by atoms with Crippen LogP contribution in [0.5, 0.6) is 0 Å². The maximum absolute atomic E-state index is 4.23. The summed E-state index contributed by atoms with van der Waals surface area (Å²) in [6.45, 7) is 4.26. The second-order valence-corrected chi connectivity index (χ2v) is 3.84. The predicted molar refractivity (Wildman–Crippen MR) is 60.4 cm³/mol. The minimum atomic E-state index is 1.02. The number of hydrogen-bond donors (Lipinski definition) is 0. The largest absolute Gasteiger partial charge is 0.297 e. The molecule has 0 amide bonds. The highest BCUT2D eigenvalue weighted by Gasteiger charge is 1.95. The topological polar surface area (TPSA) is 12.4 Å². The van der Waals surface area contributed by atoms with Gasteiger partial charge in [-0.15, -0.1) is 0 Å². The number of alkyl halides is 1. The molecule has 0 aliphatic heterocycles. The Kier molecular flexibility index (Phi) is 7.47. The van der Waals surface area contributed by atoms with Crippen LogP contribution in [0.3, 0.4) is 0 Å². The van der Waals surface area contributed by atoms with E-state index < -0.39 is 0 Å². The molecule has 2 heteroatoms. The highest BCUT2D eigenvalue weighted by atomic mass is 79.9. The van der Waals surface area contributed by atoms with Gasteiger partial charge >= 0.3 is 0 Å². The zero-order chi connectivity index (χ0) is 9.40. The van der Waals surface area contributed by atoms with E-state index in [-0.39, 0.29) is 0 Å². The van der Waals surface area contributed by atoms with E-state index in [1.165, 1.54) is 11.3 Å². The lowest BCUT2D eigenvalue weighted by molar-refractivity contribution is 1.03. The number of aliphatic imine (C=N–C) groups is 1. The average molecular weight is 232 g/mol. The predicted octanol–water partition coefficient (Wildman–Crippen LogP) is 3.59. The fourth-order valence-corrected chi connectivity index (χ4v) is 1.44. The number of rotatable bonds is 5. The molecule has 0 rings (SSSR count). The van der Waals surface area contributed by atoms with Crippen molar-refractivity contribution in [2.24, 2.45) is 4.99 Å². The van der Waals surface area contributed by atoms with Gasteiger partial charge in [0.1, 0.15) is 0 Å². The van der Waals surface area contributed by atoms with E-state index in [0.717, 1.165) is 24.6 Å². The Morgan fingerprint density at radius 3 is 2.42 bits per heavy atom. The van der Waals surface area contributed by atoms with E-state index in [0.29, 0.717) is 0 Å². The molecular weight excluding hydrogens is 214 g/mol. The monoisotopic (exact) mass is 231 g/mol. The third-order valence-corrected chi connectivity index (χ3v) is 2.08. The van der Waals surface area contributed by atoms with Crippen molar-refractivity contribution in [2.75, 3.05) is 12.4 Å². The molecule has 0 bridgehead atoms. The number of halogens is 1. The summed E-state index contributed by atoms with van der Waals surface area (Å²) in [5.41, 5.74) is 2.70. The molecule has 0 saturated heterocycles. The van der Waals surface area contributed by atoms with Crippen LogP contribution >= 0.6 is 15.9 Å². The molecular formula is C10H18BrN. The lowest BCUT2D eigenvalue weighted by Gasteiger charge is -2.00. The Morgan fingerprint density at radius 2 is 2.00 bits per heavy atom. The van der Waals surface area contributed by atoms with E-state index in [1.807, 2.05) is 7.05 Å². The molecule has 0 aliphatic rings. The van der Waals surface area contributed by atoms with Crippen LogP contribution in [-0.4, -0.2) is 18.1 Å². The molecule has 0 fully saturated rings. The fraction of sp³-hybridized carbons (Fsp3) is 0.700. The Labute approximate surface area is 84.1 Å². The van der Waals surface area contributed by atoms with Crippen molar-refractivity contribution in [3.8, 4) is 0 Å². The molecule has 0 N–H and O–H groups in total. The molecule has 0 spiro atoms. The molecule has 0 aromatic heterocycles. The van der Waals surface area contributed by atoms with Crippen LogP contribution in [0.1, 0.15) is 33.1 Å². The summed E-state index contributed by atoms with van der Waals surface area (Å²) in [6, 6.07) is 0. The van der Waals surface area contributed by atoms with Crippen LogP contribution in [0.25, 0.3) is 0 Å². The van der Waals surface area contributed by atoms with Crippen LogP contribution in [0, 0.1) is 0 Å². The number of hydrogen-bond acceptors (Lipinski definition) is 1. The van der Waals surface area contributed by atoms with Crippen LogP contribution in [0.15, 0.2) is 16.6 Å². The van der Waals surface area contributed by atoms with Crippen molar-refractivity contribution < 1.29 is 0 Å². The molecule has 70 valence electrons. The third-order valence-electron chi connectivity index (χ3n) is 1.68. The van der Waals surface area contributed by atoms with Gasteiger partial charge in [0.15, 0.2) is 0 Å². The Hall–Kier alpha value is -0.110. The third kappa shape index (κ3) is 6.59. The van der Waals surface area contributed by atoms with Gasteiger partial charge < -0.3 is 0 Å². The van der Waals surface area contributed by atoms with Gasteiger partial charge in [-0.05, 0) is 33.1 Å². The molecule has 0 atom stereocenters. The summed E-state index contributed by atoms with van der Waals surface area (Å²) in [7, 11) is 1.88. The maximum Gasteiger partial charge on any atom is 0.0276 e. The van der Waals surface area contributed by atoms with E-state index in [2.05, 4.69) is 40.8 Å². The molecule has 0 heterocycles. The molecule has 0 radical (unpaired) electrons. The lowest BCUT2D eigenvalue weighted by Crippen LogP contribution is -1.98. The first-order valence-electron chi connectivity index (χ1n) is 4.34. The summed E-state index contributed by atoms with van der Waals surface area (Å²) in [4.78, 5) is 4.23. The van der Waals surface area contributed by atoms with Gasteiger partial charge in [-0.3, -0.25) is 4.99 Å². The summed E-state index contributed by atoms with van der Waals surface area (Å²) < 4.78 is 0. The molecule has 0 aromatic rings. The molecule has 1 nitrogen and oxygen atoms in total. The smallest absolute Gasteiger partial charge is 0.0276 e. The van der Waals surface area contributed by atoms with E-state index in [4.69, 9.17) is 0 Å². The zero-order valence-electron chi connectivity index (χ0n) is 8.23. The zero-order valence-corrected chi connectivity index (χ0v) is 9.82. The molecule has 12 heavy (non-hydrogen) atoms. The molecule has 0 unspecified atom stereocenters. The van der Waals surface area contributed by atoms with Crippen molar-refractivity contribution in [2.45, 2.75) is 33.1 Å². The standard InChI is InChI=1S/C10H18BrN/c1-9(2)5-4-6-10(12-3)7-8-11/h5H,4,6-8H2,1-3H3. The average Bonchev–Trinajstić information content (AvgIpc) is 2.02. The highest BCUT2D eigenvalue weighted by molar-refractivity contribution is 9.09. The second kappa shape index (κ2) is 7.53. The van der Waals surface area contributed by atoms with Gasteiger partial charge in [-0.2, -0.15) is 0 Å². The van der Waals surface area contributed by atoms with Crippen molar-refractivity contribution in [1.29, 1.82) is 0 Å². The van der Waals surface area contributed by atoms with Crippen LogP contribution in [0.2, 0.25) is 0 Å². The first-order valence-corrected chi connectivity index (χ1v) is 5.46. The van der Waals surface area contributed by atoms with E-state index in [9.17, 15) is 0 Å². The van der Waals surface area contributed by atoms with Crippen molar-refractivity contribution in [3.63, 3.8) is 0 Å². The van der Waals surface area contributed by atoms with Crippen molar-refractivity contribution in [3.05, 3.63) is 11.6 Å². The van der Waals surface area contributed by atoms with Crippen LogP contribution in [0.4, 0.5) is 0 Å². The lowest BCUT2D eigenvalue weighted by atomic mass is 10.1. The quantitative estimate of drug-likeness (QED) is 0.390. The number of allylic oxidation sites excluding steroid dienone is 2. The Morgan fingerprint density at radius 1 is 1.33 bits per heavy atom. The second-order valence-electron chi connectivity index (χ2n) is 3.05. The molecule has 0 aromatic carbocycles. The van der Waals surface area contributed by atoms with Gasteiger partial charge in [0.05, 0.1) is 0 Å². The van der Waals surface area contributed by atoms with Gasteiger partial charge in [0, 0.05) is 18.1 Å². The molecule has 0 saturated carbocycles. The van der Waals surface area contributed by atoms with Gasteiger partial charge in [-0.25, -0.2) is 0 Å². The minimum absolute atomic E-state index is 1.02. The number of nitrogens with zero attached hydrogens (tertiary/aromatic N) is 1. The highest BCUT2D eigenvalue weighted by Crippen LogP contribution is 2.03. The Bertz CT molecular complexity index is 167. The van der Waals surface area contributed by atoms with Crippen LogP contribution < -0.4 is 0 Å². The minimum Gasteiger partial charge on any atom is -0.297 e. The van der Waals surface area contributed by atoms with E-state index in [1.54, 1.807) is 0 Å². The van der Waals surface area contributed by atoms with Gasteiger partial charge in [0.2, 0.25) is 0 Å². The van der Waals surface area contributed by atoms with Crippen molar-refractivity contribution >= 4 is 21.6 Å². The van der Waals surface area contributed by atoms with Crippen molar-refractivity contribution in [1.82, 2.24) is 0 Å². The summed E-state index contributed by atoms with van der Waals surface area (Å²) in [6.07, 6.45) is 5.57. The SMILES string of the molecule is CN=C(CCBr)CCC=C(C)C. The Balaban J connectivity index is 3.67. The van der Waals surface area contributed by atoms with E-state index >= 15 is 0 Å². The summed E-state index contributed by atoms with van der Waals surface area (Å²) in [5, 5.41) is 1.02. The normalized spacial score (nSPS) is 11.5. The fourth-order valence-electron chi connectivity index (χ4n) is 0.985. The van der Waals surface area contributed by atoms with Gasteiger partial charge in [0.25, 0.3) is 0 Å². The van der Waals surface area contributed by atoms with Gasteiger partial charge in [-0.1, -0.05) is 27.6 Å². The first-order chi connectivity index (χ1) is 5.70. The molecule has 0 aliphatic carbocycles. The summed E-state index contributed by atoms with van der Waals surface area (Å²) in [5.74, 6) is 0. The first kappa shape index (κ1) is 11.9.